The van der Waals surface area contributed by atoms with E-state index in [-0.39, 0.29) is 6.04 Å². The topological polar surface area (TPSA) is 32.3 Å². The lowest BCUT2D eigenvalue weighted by molar-refractivity contribution is 0.0592. The summed E-state index contributed by atoms with van der Waals surface area (Å²) in [6, 6.07) is 3.59. The normalized spacial score (nSPS) is 19.1. The van der Waals surface area contributed by atoms with Crippen molar-refractivity contribution in [1.82, 2.24) is 10.2 Å². The van der Waals surface area contributed by atoms with Gasteiger partial charge in [0.15, 0.2) is 0 Å². The highest BCUT2D eigenvalue weighted by molar-refractivity contribution is 5.95. The van der Waals surface area contributed by atoms with Gasteiger partial charge in [-0.05, 0) is 51.4 Å². The van der Waals surface area contributed by atoms with Crippen molar-refractivity contribution >= 4 is 5.91 Å². The Balaban J connectivity index is 2.21. The van der Waals surface area contributed by atoms with Gasteiger partial charge in [-0.1, -0.05) is 6.07 Å². The van der Waals surface area contributed by atoms with Gasteiger partial charge >= 0.3 is 0 Å². The van der Waals surface area contributed by atoms with Crippen LogP contribution >= 0.6 is 0 Å². The van der Waals surface area contributed by atoms with Crippen LogP contribution in [-0.4, -0.2) is 37.0 Å². The van der Waals surface area contributed by atoms with Crippen molar-refractivity contribution in [2.45, 2.75) is 31.7 Å². The maximum atomic E-state index is 13.7. The average molecular weight is 282 g/mol. The molecule has 1 fully saturated rings. The van der Waals surface area contributed by atoms with Crippen LogP contribution in [0.15, 0.2) is 18.2 Å². The highest BCUT2D eigenvalue weighted by Gasteiger charge is 2.30. The van der Waals surface area contributed by atoms with Gasteiger partial charge in [-0.15, -0.1) is 0 Å². The molecule has 1 amide bonds. The van der Waals surface area contributed by atoms with E-state index in [0.29, 0.717) is 6.54 Å². The molecule has 0 bridgehead atoms. The molecule has 0 radical (unpaired) electrons. The average Bonchev–Trinajstić information content (AvgIpc) is 2.45. The summed E-state index contributed by atoms with van der Waals surface area (Å²) in [6.45, 7) is 1.36. The molecule has 20 heavy (non-hydrogen) atoms. The van der Waals surface area contributed by atoms with Gasteiger partial charge in [0.25, 0.3) is 5.91 Å². The fourth-order valence-electron chi connectivity index (χ4n) is 2.72. The molecule has 1 aromatic rings. The minimum Gasteiger partial charge on any atom is -0.335 e. The second-order valence-electron chi connectivity index (χ2n) is 5.14. The van der Waals surface area contributed by atoms with Gasteiger partial charge in [0.2, 0.25) is 0 Å². The van der Waals surface area contributed by atoms with Crippen LogP contribution in [0.5, 0.6) is 0 Å². The zero-order valence-corrected chi connectivity index (χ0v) is 11.7. The van der Waals surface area contributed by atoms with Crippen molar-refractivity contribution in [3.63, 3.8) is 0 Å². The van der Waals surface area contributed by atoms with Crippen LogP contribution in [0.4, 0.5) is 8.78 Å². The van der Waals surface area contributed by atoms with Crippen LogP contribution in [-0.2, 0) is 0 Å². The van der Waals surface area contributed by atoms with Crippen molar-refractivity contribution in [2.24, 2.45) is 0 Å². The third-order valence-electron chi connectivity index (χ3n) is 3.79. The Kier molecular flexibility index (Phi) is 5.06. The largest absolute Gasteiger partial charge is 0.335 e. The van der Waals surface area contributed by atoms with Gasteiger partial charge in [0, 0.05) is 12.6 Å². The Morgan fingerprint density at radius 2 is 2.05 bits per heavy atom. The molecular weight excluding hydrogens is 262 g/mol. The van der Waals surface area contributed by atoms with E-state index in [4.69, 9.17) is 0 Å². The molecule has 110 valence electrons. The number of amides is 1. The van der Waals surface area contributed by atoms with E-state index in [9.17, 15) is 13.6 Å². The van der Waals surface area contributed by atoms with E-state index in [1.54, 1.807) is 4.90 Å². The molecule has 1 aliphatic rings. The fraction of sp³-hybridized carbons (Fsp3) is 0.533. The molecule has 5 heteroatoms. The Bertz CT molecular complexity index is 459. The molecule has 0 aliphatic carbocycles. The zero-order chi connectivity index (χ0) is 14.5. The minimum absolute atomic E-state index is 0.0581. The predicted molar refractivity (Wildman–Crippen MR) is 73.6 cm³/mol. The first-order valence-electron chi connectivity index (χ1n) is 7.04. The summed E-state index contributed by atoms with van der Waals surface area (Å²) in [5, 5.41) is 3.05. The van der Waals surface area contributed by atoms with E-state index in [2.05, 4.69) is 5.32 Å². The van der Waals surface area contributed by atoms with E-state index < -0.39 is 23.1 Å². The third kappa shape index (κ3) is 3.15. The molecule has 2 rings (SSSR count). The van der Waals surface area contributed by atoms with Gasteiger partial charge in [-0.2, -0.15) is 0 Å². The summed E-state index contributed by atoms with van der Waals surface area (Å²) in [5.41, 5.74) is -0.427. The first-order valence-corrected chi connectivity index (χ1v) is 7.04. The second-order valence-corrected chi connectivity index (χ2v) is 5.14. The van der Waals surface area contributed by atoms with Crippen LogP contribution in [0.2, 0.25) is 0 Å². The third-order valence-corrected chi connectivity index (χ3v) is 3.79. The van der Waals surface area contributed by atoms with E-state index >= 15 is 0 Å². The quantitative estimate of drug-likeness (QED) is 0.920. The predicted octanol–water partition coefficient (Wildman–Crippen LogP) is 2.57. The molecule has 3 nitrogen and oxygen atoms in total. The Hall–Kier alpha value is -1.49. The van der Waals surface area contributed by atoms with Crippen molar-refractivity contribution in [2.75, 3.05) is 20.1 Å². The number of nitrogens with one attached hydrogen (secondary N) is 1. The van der Waals surface area contributed by atoms with Crippen molar-refractivity contribution in [1.29, 1.82) is 0 Å². The van der Waals surface area contributed by atoms with Crippen molar-refractivity contribution in [3.8, 4) is 0 Å². The highest BCUT2D eigenvalue weighted by Crippen LogP contribution is 2.23. The summed E-state index contributed by atoms with van der Waals surface area (Å²) in [4.78, 5) is 14.1. The number of hydrogen-bond donors (Lipinski definition) is 1. The minimum atomic E-state index is -0.784. The summed E-state index contributed by atoms with van der Waals surface area (Å²) in [7, 11) is 1.85. The zero-order valence-electron chi connectivity index (χ0n) is 11.7. The monoisotopic (exact) mass is 282 g/mol. The van der Waals surface area contributed by atoms with Crippen LogP contribution in [0.3, 0.4) is 0 Å². The van der Waals surface area contributed by atoms with Crippen LogP contribution < -0.4 is 5.32 Å². The standard InChI is InChI=1S/C15H20F2N2O/c1-18-9-8-11-5-2-3-10-19(11)15(20)14-12(16)6-4-7-13(14)17/h4,6-7,11,18H,2-3,5,8-10H2,1H3. The number of piperidine rings is 1. The van der Waals surface area contributed by atoms with Crippen molar-refractivity contribution < 1.29 is 13.6 Å². The van der Waals surface area contributed by atoms with Crippen molar-refractivity contribution in [3.05, 3.63) is 35.4 Å². The molecule has 1 saturated heterocycles. The summed E-state index contributed by atoms with van der Waals surface area (Å²) < 4.78 is 27.5. The highest BCUT2D eigenvalue weighted by atomic mass is 19.1. The number of likely N-dealkylation sites (tertiary alicyclic amines) is 1. The lowest BCUT2D eigenvalue weighted by atomic mass is 9.98. The second kappa shape index (κ2) is 6.79. The molecule has 0 aromatic heterocycles. The first kappa shape index (κ1) is 14.9. The summed E-state index contributed by atoms with van der Waals surface area (Å²) >= 11 is 0. The number of rotatable bonds is 4. The number of halogens is 2. The Labute approximate surface area is 118 Å². The number of benzene rings is 1. The van der Waals surface area contributed by atoms with E-state index in [0.717, 1.165) is 44.4 Å². The molecule has 0 saturated carbocycles. The molecule has 0 spiro atoms. The van der Waals surface area contributed by atoms with E-state index in [1.807, 2.05) is 7.05 Å². The Morgan fingerprint density at radius 1 is 1.35 bits per heavy atom. The number of carbonyl (C=O) groups is 1. The van der Waals surface area contributed by atoms with Gasteiger partial charge in [0.1, 0.15) is 17.2 Å². The summed E-state index contributed by atoms with van der Waals surface area (Å²) in [5.74, 6) is -2.10. The van der Waals surface area contributed by atoms with Gasteiger partial charge in [-0.3, -0.25) is 4.79 Å². The molecule has 1 heterocycles. The summed E-state index contributed by atoms with van der Waals surface area (Å²) in [6.07, 6.45) is 3.64. The van der Waals surface area contributed by atoms with Gasteiger partial charge < -0.3 is 10.2 Å². The van der Waals surface area contributed by atoms with Gasteiger partial charge in [-0.25, -0.2) is 8.78 Å². The lowest BCUT2D eigenvalue weighted by Crippen LogP contribution is -2.45. The van der Waals surface area contributed by atoms with E-state index in [1.165, 1.54) is 6.07 Å². The maximum absolute atomic E-state index is 13.7. The number of hydrogen-bond acceptors (Lipinski definition) is 2. The fourth-order valence-corrected chi connectivity index (χ4v) is 2.72. The molecule has 1 aliphatic heterocycles. The number of nitrogens with zero attached hydrogens (tertiary/aromatic N) is 1. The van der Waals surface area contributed by atoms with Crippen LogP contribution in [0.25, 0.3) is 0 Å². The Morgan fingerprint density at radius 3 is 2.70 bits per heavy atom. The first-order chi connectivity index (χ1) is 9.65. The molecular formula is C15H20F2N2O. The SMILES string of the molecule is CNCCC1CCCCN1C(=O)c1c(F)cccc1F. The smallest absolute Gasteiger partial charge is 0.260 e. The van der Waals surface area contributed by atoms with Crippen LogP contribution in [0, 0.1) is 11.6 Å². The van der Waals surface area contributed by atoms with Crippen LogP contribution in [0.1, 0.15) is 36.0 Å². The van der Waals surface area contributed by atoms with Gasteiger partial charge in [0.05, 0.1) is 0 Å². The maximum Gasteiger partial charge on any atom is 0.260 e. The molecule has 1 aromatic carbocycles. The molecule has 1 unspecified atom stereocenters. The number of carbonyl (C=O) groups excluding carboxylic acids is 1. The molecule has 1 N–H and O–H groups in total. The molecule has 1 atom stereocenters. The lowest BCUT2D eigenvalue weighted by Gasteiger charge is -2.36.